The van der Waals surface area contributed by atoms with Crippen LogP contribution in [-0.2, 0) is 0 Å². The minimum atomic E-state index is 0.671. The van der Waals surface area contributed by atoms with Gasteiger partial charge in [0.25, 0.3) is 0 Å². The molecule has 86 valence electrons. The quantitative estimate of drug-likeness (QED) is 0.829. The average Bonchev–Trinajstić information content (AvgIpc) is 2.86. The number of nitrogens with one attached hydrogen (secondary N) is 1. The molecular weight excluding hydrogens is 200 g/mol. The predicted molar refractivity (Wildman–Crippen MR) is 62.9 cm³/mol. The summed E-state index contributed by atoms with van der Waals surface area (Å²) in [5.74, 6) is 1.54. The molecular formula is C13H18N2O. The van der Waals surface area contributed by atoms with E-state index in [4.69, 9.17) is 4.52 Å². The number of rotatable bonds is 2. The maximum Gasteiger partial charge on any atom is 0.159 e. The van der Waals surface area contributed by atoms with Gasteiger partial charge in [0.1, 0.15) is 0 Å². The molecule has 0 amide bonds. The normalized spacial score (nSPS) is 33.7. The second-order valence-electron chi connectivity index (χ2n) is 5.02. The van der Waals surface area contributed by atoms with Crippen molar-refractivity contribution in [3.8, 4) is 0 Å². The highest BCUT2D eigenvalue weighted by atomic mass is 16.5. The van der Waals surface area contributed by atoms with Crippen LogP contribution in [0, 0.1) is 12.8 Å². The van der Waals surface area contributed by atoms with Crippen LogP contribution in [0.25, 0.3) is 6.08 Å². The molecule has 16 heavy (non-hydrogen) atoms. The van der Waals surface area contributed by atoms with E-state index in [1.807, 2.05) is 13.0 Å². The molecule has 3 rings (SSSR count). The highest BCUT2D eigenvalue weighted by Gasteiger charge is 2.33. The third-order valence-electron chi connectivity index (χ3n) is 3.80. The first-order valence-corrected chi connectivity index (χ1v) is 6.19. The summed E-state index contributed by atoms with van der Waals surface area (Å²) in [5, 5.41) is 7.57. The summed E-state index contributed by atoms with van der Waals surface area (Å²) in [6.45, 7) is 1.95. The van der Waals surface area contributed by atoms with Crippen molar-refractivity contribution in [3.05, 3.63) is 23.6 Å². The summed E-state index contributed by atoms with van der Waals surface area (Å²) in [6.07, 6.45) is 9.68. The number of hydrogen-bond acceptors (Lipinski definition) is 3. The van der Waals surface area contributed by atoms with Gasteiger partial charge in [-0.1, -0.05) is 11.2 Å². The van der Waals surface area contributed by atoms with Crippen LogP contribution in [0.1, 0.15) is 37.1 Å². The second kappa shape index (κ2) is 4.06. The van der Waals surface area contributed by atoms with Gasteiger partial charge >= 0.3 is 0 Å². The first kappa shape index (κ1) is 10.1. The Balaban J connectivity index is 1.67. The Labute approximate surface area is 95.9 Å². The van der Waals surface area contributed by atoms with E-state index in [9.17, 15) is 0 Å². The van der Waals surface area contributed by atoms with Gasteiger partial charge in [-0.05, 0) is 44.6 Å². The lowest BCUT2D eigenvalue weighted by molar-refractivity contribution is 0.338. The number of aromatic nitrogens is 1. The van der Waals surface area contributed by atoms with Crippen molar-refractivity contribution in [3.63, 3.8) is 0 Å². The number of piperidine rings is 1. The van der Waals surface area contributed by atoms with E-state index >= 15 is 0 Å². The van der Waals surface area contributed by atoms with E-state index < -0.39 is 0 Å². The molecule has 3 atom stereocenters. The molecule has 0 aromatic carbocycles. The zero-order chi connectivity index (χ0) is 11.0. The maximum atomic E-state index is 5.18. The van der Waals surface area contributed by atoms with Crippen molar-refractivity contribution >= 4 is 6.08 Å². The van der Waals surface area contributed by atoms with E-state index in [0.29, 0.717) is 12.0 Å². The van der Waals surface area contributed by atoms with Crippen LogP contribution in [0.15, 0.2) is 16.7 Å². The van der Waals surface area contributed by atoms with E-state index in [1.54, 1.807) is 0 Å². The maximum absolute atomic E-state index is 5.18. The number of aryl methyl sites for hydroxylation is 1. The van der Waals surface area contributed by atoms with Crippen LogP contribution in [0.3, 0.4) is 0 Å². The molecule has 1 N–H and O–H groups in total. The van der Waals surface area contributed by atoms with E-state index in [0.717, 1.165) is 17.5 Å². The molecule has 2 fully saturated rings. The third-order valence-corrected chi connectivity index (χ3v) is 3.80. The van der Waals surface area contributed by atoms with Crippen LogP contribution >= 0.6 is 0 Å². The summed E-state index contributed by atoms with van der Waals surface area (Å²) < 4.78 is 5.18. The Morgan fingerprint density at radius 3 is 3.06 bits per heavy atom. The van der Waals surface area contributed by atoms with Gasteiger partial charge < -0.3 is 9.84 Å². The Morgan fingerprint density at radius 2 is 2.25 bits per heavy atom. The molecule has 3 nitrogen and oxygen atoms in total. The van der Waals surface area contributed by atoms with Gasteiger partial charge in [0.15, 0.2) is 5.76 Å². The molecule has 2 saturated heterocycles. The molecule has 0 aliphatic carbocycles. The molecule has 0 radical (unpaired) electrons. The van der Waals surface area contributed by atoms with Crippen molar-refractivity contribution < 1.29 is 4.52 Å². The van der Waals surface area contributed by atoms with Crippen molar-refractivity contribution in [1.82, 2.24) is 10.5 Å². The van der Waals surface area contributed by atoms with Crippen LogP contribution in [0.4, 0.5) is 0 Å². The molecule has 3 heteroatoms. The molecule has 2 aliphatic rings. The van der Waals surface area contributed by atoms with Gasteiger partial charge in [-0.2, -0.15) is 0 Å². The fourth-order valence-electron chi connectivity index (χ4n) is 2.92. The fourth-order valence-corrected chi connectivity index (χ4v) is 2.92. The lowest BCUT2D eigenvalue weighted by Crippen LogP contribution is -2.39. The molecule has 3 unspecified atom stereocenters. The van der Waals surface area contributed by atoms with Crippen molar-refractivity contribution in [2.45, 2.75) is 44.7 Å². The molecule has 0 spiro atoms. The zero-order valence-corrected chi connectivity index (χ0v) is 9.65. The molecule has 3 heterocycles. The minimum Gasteiger partial charge on any atom is -0.357 e. The molecule has 2 aliphatic heterocycles. The van der Waals surface area contributed by atoms with E-state index in [1.165, 1.54) is 25.7 Å². The Bertz CT molecular complexity index is 396. The lowest BCUT2D eigenvalue weighted by Gasteiger charge is -2.27. The SMILES string of the molecule is Cc1cc(/C=C\C2CCC3CCC2N3)on1. The van der Waals surface area contributed by atoms with Crippen LogP contribution in [-0.4, -0.2) is 17.2 Å². The average molecular weight is 218 g/mol. The summed E-state index contributed by atoms with van der Waals surface area (Å²) in [5.41, 5.74) is 0.947. The van der Waals surface area contributed by atoms with Gasteiger partial charge in [-0.3, -0.25) is 0 Å². The minimum absolute atomic E-state index is 0.671. The van der Waals surface area contributed by atoms with Gasteiger partial charge in [0.2, 0.25) is 0 Å². The smallest absolute Gasteiger partial charge is 0.159 e. The second-order valence-corrected chi connectivity index (χ2v) is 5.02. The zero-order valence-electron chi connectivity index (χ0n) is 9.65. The van der Waals surface area contributed by atoms with Crippen molar-refractivity contribution in [2.75, 3.05) is 0 Å². The lowest BCUT2D eigenvalue weighted by atomic mass is 9.91. The molecule has 2 bridgehead atoms. The first-order chi connectivity index (χ1) is 7.81. The highest BCUT2D eigenvalue weighted by molar-refractivity contribution is 5.43. The largest absolute Gasteiger partial charge is 0.357 e. The topological polar surface area (TPSA) is 38.1 Å². The van der Waals surface area contributed by atoms with Gasteiger partial charge in [-0.15, -0.1) is 0 Å². The fraction of sp³-hybridized carbons (Fsp3) is 0.615. The Hall–Kier alpha value is -1.09. The number of hydrogen-bond donors (Lipinski definition) is 1. The summed E-state index contributed by atoms with van der Waals surface area (Å²) in [7, 11) is 0. The van der Waals surface area contributed by atoms with Crippen LogP contribution in [0.5, 0.6) is 0 Å². The summed E-state index contributed by atoms with van der Waals surface area (Å²) >= 11 is 0. The van der Waals surface area contributed by atoms with Crippen LogP contribution < -0.4 is 5.32 Å². The van der Waals surface area contributed by atoms with Gasteiger partial charge in [0, 0.05) is 18.2 Å². The van der Waals surface area contributed by atoms with E-state index in [2.05, 4.69) is 22.6 Å². The number of nitrogens with zero attached hydrogens (tertiary/aromatic N) is 1. The Kier molecular flexibility index (Phi) is 2.56. The monoisotopic (exact) mass is 218 g/mol. The van der Waals surface area contributed by atoms with Crippen molar-refractivity contribution in [1.29, 1.82) is 0 Å². The van der Waals surface area contributed by atoms with E-state index in [-0.39, 0.29) is 0 Å². The first-order valence-electron chi connectivity index (χ1n) is 6.19. The molecule has 1 aromatic heterocycles. The standard InChI is InChI=1S/C13H18N2O/c1-9-8-12(16-15-9)6-3-10-2-4-11-5-7-13(10)14-11/h3,6,8,10-11,13-14H,2,4-5,7H2,1H3/b6-3-. The molecule has 1 aromatic rings. The highest BCUT2D eigenvalue weighted by Crippen LogP contribution is 2.32. The predicted octanol–water partition coefficient (Wildman–Crippen LogP) is 2.53. The molecule has 0 saturated carbocycles. The van der Waals surface area contributed by atoms with Gasteiger partial charge in [-0.25, -0.2) is 0 Å². The Morgan fingerprint density at radius 1 is 1.38 bits per heavy atom. The van der Waals surface area contributed by atoms with Crippen molar-refractivity contribution in [2.24, 2.45) is 5.92 Å². The van der Waals surface area contributed by atoms with Gasteiger partial charge in [0.05, 0.1) is 5.69 Å². The van der Waals surface area contributed by atoms with Crippen LogP contribution in [0.2, 0.25) is 0 Å². The summed E-state index contributed by atoms with van der Waals surface area (Å²) in [4.78, 5) is 0. The number of fused-ring (bicyclic) bond motifs is 2. The summed E-state index contributed by atoms with van der Waals surface area (Å²) in [6, 6.07) is 3.46. The third kappa shape index (κ3) is 1.92.